The molecule has 0 radical (unpaired) electrons. The second kappa shape index (κ2) is 12.0. The lowest BCUT2D eigenvalue weighted by molar-refractivity contribution is 0.0932. The highest BCUT2D eigenvalue weighted by atomic mass is 16.5. The molecule has 1 saturated heterocycles. The molecule has 216 valence electrons. The molecule has 1 aliphatic heterocycles. The van der Waals surface area contributed by atoms with Crippen LogP contribution in [0.4, 0.5) is 5.82 Å². The van der Waals surface area contributed by atoms with Gasteiger partial charge in [0.05, 0.1) is 11.1 Å². The van der Waals surface area contributed by atoms with Crippen molar-refractivity contribution in [2.75, 3.05) is 18.8 Å². The molecule has 2 aromatic carbocycles. The van der Waals surface area contributed by atoms with Gasteiger partial charge >= 0.3 is 0 Å². The van der Waals surface area contributed by atoms with E-state index in [-0.39, 0.29) is 6.10 Å². The summed E-state index contributed by atoms with van der Waals surface area (Å²) >= 11 is 0. The van der Waals surface area contributed by atoms with E-state index < -0.39 is 0 Å². The first kappa shape index (κ1) is 27.3. The second-order valence-electron chi connectivity index (χ2n) is 10.9. The van der Waals surface area contributed by atoms with Gasteiger partial charge < -0.3 is 10.5 Å². The first-order valence-corrected chi connectivity index (χ1v) is 14.6. The topological polar surface area (TPSA) is 119 Å². The van der Waals surface area contributed by atoms with Crippen LogP contribution in [0.2, 0.25) is 0 Å². The van der Waals surface area contributed by atoms with Gasteiger partial charge in [0, 0.05) is 55.5 Å². The predicted octanol–water partition coefficient (Wildman–Crippen LogP) is 6.04. The zero-order valence-corrected chi connectivity index (χ0v) is 24.0. The number of aromatic nitrogens is 5. The molecule has 0 bridgehead atoms. The molecule has 44 heavy (non-hydrogen) atoms. The van der Waals surface area contributed by atoms with E-state index in [0.29, 0.717) is 23.1 Å². The average Bonchev–Trinajstić information content (AvgIpc) is 3.45. The van der Waals surface area contributed by atoms with E-state index in [0.717, 1.165) is 66.0 Å². The van der Waals surface area contributed by atoms with Crippen LogP contribution in [0.1, 0.15) is 24.0 Å². The molecular formula is C35H30N8O. The molecule has 0 aliphatic carbocycles. The van der Waals surface area contributed by atoms with Gasteiger partial charge in [-0.3, -0.25) is 9.47 Å². The number of benzene rings is 2. The lowest BCUT2D eigenvalue weighted by Gasteiger charge is -2.31. The van der Waals surface area contributed by atoms with E-state index in [1.54, 1.807) is 24.5 Å². The van der Waals surface area contributed by atoms with E-state index in [4.69, 9.17) is 25.7 Å². The number of hydrogen-bond donors (Lipinski definition) is 1. The van der Waals surface area contributed by atoms with Crippen molar-refractivity contribution in [3.63, 3.8) is 0 Å². The lowest BCUT2D eigenvalue weighted by atomic mass is 10.1. The minimum atomic E-state index is 0.122. The third kappa shape index (κ3) is 5.59. The fourth-order valence-corrected chi connectivity index (χ4v) is 5.67. The number of piperidine rings is 1. The molecule has 9 heteroatoms. The minimum Gasteiger partial charge on any atom is -0.474 e. The van der Waals surface area contributed by atoms with Crippen molar-refractivity contribution >= 4 is 17.0 Å². The summed E-state index contributed by atoms with van der Waals surface area (Å²) in [5, 5.41) is 8.97. The number of pyridine rings is 3. The summed E-state index contributed by atoms with van der Waals surface area (Å²) in [5.41, 5.74) is 13.4. The Bertz CT molecular complexity index is 1940. The molecule has 0 saturated carbocycles. The molecule has 2 N–H and O–H groups in total. The fraction of sp³-hybridized carbons (Fsp3) is 0.171. The zero-order valence-electron chi connectivity index (χ0n) is 24.0. The third-order valence-electron chi connectivity index (χ3n) is 7.97. The highest BCUT2D eigenvalue weighted by molar-refractivity contribution is 5.85. The number of anilines is 1. The maximum atomic E-state index is 8.97. The predicted molar refractivity (Wildman–Crippen MR) is 170 cm³/mol. The van der Waals surface area contributed by atoms with Crippen molar-refractivity contribution in [2.24, 2.45) is 0 Å². The van der Waals surface area contributed by atoms with Gasteiger partial charge in [0.25, 0.3) is 0 Å². The van der Waals surface area contributed by atoms with E-state index in [1.165, 1.54) is 5.56 Å². The monoisotopic (exact) mass is 578 g/mol. The molecule has 4 aromatic heterocycles. The molecule has 0 unspecified atom stereocenters. The van der Waals surface area contributed by atoms with Crippen molar-refractivity contribution in [1.82, 2.24) is 29.4 Å². The Labute approximate surface area is 255 Å². The van der Waals surface area contributed by atoms with Gasteiger partial charge in [-0.1, -0.05) is 42.5 Å². The summed E-state index contributed by atoms with van der Waals surface area (Å²) in [5.74, 6) is 1.70. The van der Waals surface area contributed by atoms with Crippen LogP contribution in [-0.4, -0.2) is 48.6 Å². The number of nitrogens with zero attached hydrogens (tertiary/aromatic N) is 7. The quantitative estimate of drug-likeness (QED) is 0.244. The lowest BCUT2D eigenvalue weighted by Crippen LogP contribution is -2.37. The molecular weight excluding hydrogens is 548 g/mol. The number of fused-ring (bicyclic) bond motifs is 1. The largest absolute Gasteiger partial charge is 0.474 e. The molecule has 0 atom stereocenters. The maximum Gasteiger partial charge on any atom is 0.213 e. The Kier molecular flexibility index (Phi) is 7.41. The van der Waals surface area contributed by atoms with Gasteiger partial charge in [-0.2, -0.15) is 5.26 Å². The average molecular weight is 579 g/mol. The number of imidazole rings is 1. The molecule has 5 heterocycles. The van der Waals surface area contributed by atoms with Gasteiger partial charge in [0.2, 0.25) is 5.88 Å². The Balaban J connectivity index is 1.11. The standard InChI is InChI=1S/C35H30N8O/c36-20-25-10-13-32(39-21-25)44-29-14-17-42(18-15-29)23-24-8-11-28(12-9-24)43-34(30-7-4-16-38-33(30)37)41-31-19-27(22-40-35(31)43)26-5-2-1-3-6-26/h1-13,16,19,21-22,29H,14-15,17-18,23H2,(H2,37,38). The number of nitrogen functional groups attached to an aromatic ring is 1. The number of nitrogens with two attached hydrogens (primary N) is 1. The van der Waals surface area contributed by atoms with Gasteiger partial charge in [-0.25, -0.2) is 19.9 Å². The summed E-state index contributed by atoms with van der Waals surface area (Å²) in [6, 6.07) is 30.2. The van der Waals surface area contributed by atoms with Gasteiger partial charge in [-0.15, -0.1) is 0 Å². The molecule has 0 amide bonds. The van der Waals surface area contributed by atoms with E-state index in [2.05, 4.69) is 68.0 Å². The van der Waals surface area contributed by atoms with E-state index >= 15 is 0 Å². The van der Waals surface area contributed by atoms with Crippen LogP contribution < -0.4 is 10.5 Å². The summed E-state index contributed by atoms with van der Waals surface area (Å²) < 4.78 is 8.12. The number of likely N-dealkylation sites (tertiary alicyclic amines) is 1. The SMILES string of the molecule is N#Cc1ccc(OC2CCN(Cc3ccc(-n4c(-c5cccnc5N)nc5cc(-c6ccccc6)cnc54)cc3)CC2)nc1. The minimum absolute atomic E-state index is 0.122. The number of nitriles is 1. The Morgan fingerprint density at radius 2 is 1.68 bits per heavy atom. The van der Waals surface area contributed by atoms with Crippen molar-refractivity contribution in [1.29, 1.82) is 5.26 Å². The normalized spacial score (nSPS) is 14.0. The van der Waals surface area contributed by atoms with Crippen LogP contribution in [0.15, 0.2) is 104 Å². The number of ether oxygens (including phenoxy) is 1. The third-order valence-corrected chi connectivity index (χ3v) is 7.97. The van der Waals surface area contributed by atoms with Crippen molar-refractivity contribution in [2.45, 2.75) is 25.5 Å². The van der Waals surface area contributed by atoms with Crippen LogP contribution in [0.5, 0.6) is 5.88 Å². The summed E-state index contributed by atoms with van der Waals surface area (Å²) in [4.78, 5) is 20.9. The van der Waals surface area contributed by atoms with Crippen molar-refractivity contribution in [3.8, 4) is 40.2 Å². The first-order valence-electron chi connectivity index (χ1n) is 14.6. The van der Waals surface area contributed by atoms with Crippen LogP contribution in [0.25, 0.3) is 39.4 Å². The zero-order chi connectivity index (χ0) is 29.9. The summed E-state index contributed by atoms with van der Waals surface area (Å²) in [6.07, 6.45) is 7.10. The Morgan fingerprint density at radius 1 is 0.864 bits per heavy atom. The molecule has 7 rings (SSSR count). The highest BCUT2D eigenvalue weighted by Gasteiger charge is 2.22. The van der Waals surface area contributed by atoms with Crippen LogP contribution in [0.3, 0.4) is 0 Å². The van der Waals surface area contributed by atoms with Gasteiger partial charge in [0.15, 0.2) is 11.5 Å². The van der Waals surface area contributed by atoms with Crippen LogP contribution in [-0.2, 0) is 6.54 Å². The number of hydrogen-bond acceptors (Lipinski definition) is 8. The fourth-order valence-electron chi connectivity index (χ4n) is 5.67. The van der Waals surface area contributed by atoms with Gasteiger partial charge in [0.1, 0.15) is 23.5 Å². The van der Waals surface area contributed by atoms with Gasteiger partial charge in [-0.05, 0) is 60.4 Å². The Morgan fingerprint density at radius 3 is 2.41 bits per heavy atom. The molecule has 1 aliphatic rings. The van der Waals surface area contributed by atoms with E-state index in [1.807, 2.05) is 36.5 Å². The first-order chi connectivity index (χ1) is 21.6. The van der Waals surface area contributed by atoms with Crippen LogP contribution >= 0.6 is 0 Å². The van der Waals surface area contributed by atoms with Crippen LogP contribution in [0, 0.1) is 11.3 Å². The Hall–Kier alpha value is -5.59. The van der Waals surface area contributed by atoms with Crippen molar-refractivity contribution < 1.29 is 4.74 Å². The molecule has 6 aromatic rings. The smallest absolute Gasteiger partial charge is 0.213 e. The second-order valence-corrected chi connectivity index (χ2v) is 10.9. The van der Waals surface area contributed by atoms with E-state index in [9.17, 15) is 0 Å². The van der Waals surface area contributed by atoms with Crippen molar-refractivity contribution in [3.05, 3.63) is 115 Å². The summed E-state index contributed by atoms with van der Waals surface area (Å²) in [7, 11) is 0. The highest BCUT2D eigenvalue weighted by Crippen LogP contribution is 2.32. The molecule has 9 nitrogen and oxygen atoms in total. The summed E-state index contributed by atoms with van der Waals surface area (Å²) in [6.45, 7) is 2.73. The maximum absolute atomic E-state index is 8.97. The molecule has 0 spiro atoms. The molecule has 1 fully saturated rings. The number of rotatable bonds is 7.